The number of nitrogens with zero attached hydrogens (tertiary/aromatic N) is 2. The Hall–Kier alpha value is -2.13. The van der Waals surface area contributed by atoms with Crippen LogP contribution in [0.25, 0.3) is 0 Å². The third-order valence-corrected chi connectivity index (χ3v) is 3.20. The van der Waals surface area contributed by atoms with Crippen molar-refractivity contribution < 1.29 is 28.9 Å². The normalized spacial score (nSPS) is 18.4. The minimum Gasteiger partial charge on any atom is -0.444 e. The number of amides is 2. The van der Waals surface area contributed by atoms with Gasteiger partial charge >= 0.3 is 12.2 Å². The van der Waals surface area contributed by atoms with E-state index in [0.717, 1.165) is 6.42 Å². The van der Waals surface area contributed by atoms with Crippen LogP contribution in [0.3, 0.4) is 0 Å². The molecular weight excluding hydrogens is 354 g/mol. The fraction of sp³-hybridized carbons (Fsp3) is 0.722. The van der Waals surface area contributed by atoms with Crippen LogP contribution in [-0.4, -0.2) is 59.3 Å². The van der Waals surface area contributed by atoms with E-state index in [1.165, 1.54) is 13.2 Å². The fourth-order valence-corrected chi connectivity index (χ4v) is 2.27. The molecule has 0 saturated carbocycles. The van der Waals surface area contributed by atoms with Gasteiger partial charge in [-0.15, -0.1) is 4.99 Å². The summed E-state index contributed by atoms with van der Waals surface area (Å²) >= 11 is 0. The summed E-state index contributed by atoms with van der Waals surface area (Å²) < 4.78 is 15.3. The lowest BCUT2D eigenvalue weighted by Gasteiger charge is -2.25. The van der Waals surface area contributed by atoms with Crippen molar-refractivity contribution in [3.05, 3.63) is 11.8 Å². The Bertz CT molecular complexity index is 601. The number of guanidine groups is 1. The molecule has 1 unspecified atom stereocenters. The lowest BCUT2D eigenvalue weighted by molar-refractivity contribution is -0.0367. The molecule has 1 rings (SSSR count). The molecular formula is C18H31N3O6. The number of carbonyl (C=O) groups is 2. The molecule has 0 aromatic carbocycles. The smallest absolute Gasteiger partial charge is 0.437 e. The zero-order valence-corrected chi connectivity index (χ0v) is 17.2. The van der Waals surface area contributed by atoms with E-state index in [1.807, 2.05) is 0 Å². The van der Waals surface area contributed by atoms with E-state index in [-0.39, 0.29) is 5.96 Å². The molecule has 27 heavy (non-hydrogen) atoms. The lowest BCUT2D eigenvalue weighted by Crippen LogP contribution is -2.45. The second-order valence-corrected chi connectivity index (χ2v) is 8.08. The predicted molar refractivity (Wildman–Crippen MR) is 100 cm³/mol. The maximum Gasteiger partial charge on any atom is 0.437 e. The molecule has 154 valence electrons. The van der Waals surface area contributed by atoms with Crippen molar-refractivity contribution in [2.24, 2.45) is 4.99 Å². The van der Waals surface area contributed by atoms with E-state index < -0.39 is 29.7 Å². The van der Waals surface area contributed by atoms with Gasteiger partial charge in [-0.25, -0.2) is 9.59 Å². The van der Waals surface area contributed by atoms with Gasteiger partial charge in [-0.2, -0.15) is 0 Å². The molecule has 9 nitrogen and oxygen atoms in total. The predicted octanol–water partition coefficient (Wildman–Crippen LogP) is 2.75. The van der Waals surface area contributed by atoms with E-state index in [4.69, 9.17) is 14.2 Å². The Morgan fingerprint density at radius 2 is 1.78 bits per heavy atom. The number of methoxy groups -OCH3 is 1. The van der Waals surface area contributed by atoms with Gasteiger partial charge in [0.1, 0.15) is 11.2 Å². The molecule has 0 aromatic heterocycles. The van der Waals surface area contributed by atoms with Crippen LogP contribution in [0.15, 0.2) is 16.8 Å². The number of ether oxygens (including phenoxy) is 3. The molecule has 0 aliphatic carbocycles. The molecule has 1 saturated heterocycles. The molecule has 2 amide bonds. The number of aliphatic hydroxyl groups excluding tert-OH is 1. The van der Waals surface area contributed by atoms with Crippen LogP contribution in [0.1, 0.15) is 54.4 Å². The quantitative estimate of drug-likeness (QED) is 0.427. The molecule has 1 atom stereocenters. The van der Waals surface area contributed by atoms with Crippen molar-refractivity contribution >= 4 is 18.1 Å². The second-order valence-electron chi connectivity index (χ2n) is 8.08. The zero-order valence-electron chi connectivity index (χ0n) is 17.2. The summed E-state index contributed by atoms with van der Waals surface area (Å²) in [4.78, 5) is 29.9. The van der Waals surface area contributed by atoms with Crippen molar-refractivity contribution in [2.45, 2.75) is 71.9 Å². The molecule has 0 spiro atoms. The monoisotopic (exact) mass is 385 g/mol. The SMILES string of the molecule is COC(O)C=C1CCCN1C(=NC(=O)OC(C)(C)C)NC(=O)OC(C)(C)C. The van der Waals surface area contributed by atoms with E-state index in [0.29, 0.717) is 18.7 Å². The maximum absolute atomic E-state index is 12.2. The number of rotatable bonds is 2. The number of hydrogen-bond acceptors (Lipinski definition) is 6. The summed E-state index contributed by atoms with van der Waals surface area (Å²) in [6.45, 7) is 10.8. The number of aliphatic imine (C=N–C) groups is 1. The molecule has 0 bridgehead atoms. The minimum absolute atomic E-state index is 0.0226. The summed E-state index contributed by atoms with van der Waals surface area (Å²) in [7, 11) is 1.37. The number of carbonyl (C=O) groups excluding carboxylic acids is 2. The summed E-state index contributed by atoms with van der Waals surface area (Å²) in [6, 6.07) is 0. The van der Waals surface area contributed by atoms with Gasteiger partial charge in [0.2, 0.25) is 5.96 Å². The Kier molecular flexibility index (Phi) is 7.79. The van der Waals surface area contributed by atoms with E-state index >= 15 is 0 Å². The molecule has 0 aromatic rings. The van der Waals surface area contributed by atoms with Crippen LogP contribution in [0, 0.1) is 0 Å². The van der Waals surface area contributed by atoms with Gasteiger partial charge in [-0.05, 0) is 60.5 Å². The maximum atomic E-state index is 12.2. The van der Waals surface area contributed by atoms with Gasteiger partial charge in [0.15, 0.2) is 6.29 Å². The first-order valence-corrected chi connectivity index (χ1v) is 8.81. The molecule has 1 fully saturated rings. The third-order valence-electron chi connectivity index (χ3n) is 3.20. The van der Waals surface area contributed by atoms with Crippen LogP contribution in [0.5, 0.6) is 0 Å². The summed E-state index contributed by atoms with van der Waals surface area (Å²) in [5, 5.41) is 12.2. The highest BCUT2D eigenvalue weighted by Crippen LogP contribution is 2.22. The van der Waals surface area contributed by atoms with Crippen LogP contribution < -0.4 is 5.32 Å². The Balaban J connectivity index is 3.11. The fourth-order valence-electron chi connectivity index (χ4n) is 2.27. The zero-order chi connectivity index (χ0) is 20.8. The first kappa shape index (κ1) is 22.9. The second kappa shape index (κ2) is 9.18. The van der Waals surface area contributed by atoms with Crippen molar-refractivity contribution in [1.82, 2.24) is 10.2 Å². The summed E-state index contributed by atoms with van der Waals surface area (Å²) in [5.74, 6) is -0.0226. The highest BCUT2D eigenvalue weighted by atomic mass is 16.6. The number of nitrogens with one attached hydrogen (secondary N) is 1. The Labute approximate surface area is 160 Å². The average molecular weight is 385 g/mol. The Morgan fingerprint density at radius 3 is 2.30 bits per heavy atom. The van der Waals surface area contributed by atoms with Crippen molar-refractivity contribution in [2.75, 3.05) is 13.7 Å². The molecule has 1 heterocycles. The van der Waals surface area contributed by atoms with Crippen LogP contribution in [-0.2, 0) is 14.2 Å². The Morgan fingerprint density at radius 1 is 1.19 bits per heavy atom. The molecule has 9 heteroatoms. The lowest BCUT2D eigenvalue weighted by atomic mass is 10.2. The summed E-state index contributed by atoms with van der Waals surface area (Å²) in [6.07, 6.45) is 0.185. The largest absolute Gasteiger partial charge is 0.444 e. The van der Waals surface area contributed by atoms with Crippen LogP contribution in [0.4, 0.5) is 9.59 Å². The van der Waals surface area contributed by atoms with Gasteiger partial charge in [0.25, 0.3) is 0 Å². The average Bonchev–Trinajstić information content (AvgIpc) is 2.90. The van der Waals surface area contributed by atoms with Gasteiger partial charge in [-0.1, -0.05) is 0 Å². The number of allylic oxidation sites excluding steroid dienone is 1. The molecule has 0 radical (unpaired) electrons. The first-order valence-electron chi connectivity index (χ1n) is 8.81. The van der Waals surface area contributed by atoms with Crippen LogP contribution in [0.2, 0.25) is 0 Å². The van der Waals surface area contributed by atoms with Gasteiger partial charge in [0.05, 0.1) is 0 Å². The highest BCUT2D eigenvalue weighted by molar-refractivity contribution is 5.99. The van der Waals surface area contributed by atoms with E-state index in [1.54, 1.807) is 46.4 Å². The number of aliphatic hydroxyl groups is 1. The number of alkyl carbamates (subject to hydrolysis) is 1. The highest BCUT2D eigenvalue weighted by Gasteiger charge is 2.28. The third kappa shape index (κ3) is 8.87. The van der Waals surface area contributed by atoms with Crippen molar-refractivity contribution in [3.8, 4) is 0 Å². The van der Waals surface area contributed by atoms with Gasteiger partial charge in [-0.3, -0.25) is 5.32 Å². The van der Waals surface area contributed by atoms with Crippen molar-refractivity contribution in [3.63, 3.8) is 0 Å². The van der Waals surface area contributed by atoms with Gasteiger partial charge in [0, 0.05) is 19.4 Å². The molecule has 1 aliphatic heterocycles. The van der Waals surface area contributed by atoms with E-state index in [9.17, 15) is 14.7 Å². The van der Waals surface area contributed by atoms with E-state index in [2.05, 4.69) is 10.3 Å². The number of likely N-dealkylation sites (tertiary alicyclic amines) is 1. The number of hydrogen-bond donors (Lipinski definition) is 2. The topological polar surface area (TPSA) is 110 Å². The minimum atomic E-state index is -1.11. The standard InChI is InChI=1S/C18H31N3O6/c1-17(2,3)26-15(23)19-14(20-16(24)27-18(4,5)6)21-10-8-9-12(21)11-13(22)25-7/h11,13,22H,8-10H2,1-7H3,(H,19,20,23,24). The van der Waals surface area contributed by atoms with Crippen LogP contribution >= 0.6 is 0 Å². The molecule has 2 N–H and O–H groups in total. The summed E-state index contributed by atoms with van der Waals surface area (Å²) in [5.41, 5.74) is -0.771. The van der Waals surface area contributed by atoms with Crippen molar-refractivity contribution in [1.29, 1.82) is 0 Å². The first-order chi connectivity index (χ1) is 12.3. The molecule has 1 aliphatic rings. The van der Waals surface area contributed by atoms with Gasteiger partial charge < -0.3 is 24.2 Å².